The number of nitrogens with one attached hydrogen (secondary N) is 1. The van der Waals surface area contributed by atoms with E-state index in [0.717, 1.165) is 12.5 Å². The van der Waals surface area contributed by atoms with Crippen molar-refractivity contribution in [1.82, 2.24) is 9.55 Å². The van der Waals surface area contributed by atoms with Crippen molar-refractivity contribution in [2.45, 2.75) is 51.6 Å². The summed E-state index contributed by atoms with van der Waals surface area (Å²) < 4.78 is 2.23. The summed E-state index contributed by atoms with van der Waals surface area (Å²) in [5, 5.41) is 3.44. The van der Waals surface area contributed by atoms with Crippen molar-refractivity contribution in [2.24, 2.45) is 0 Å². The smallest absolute Gasteiger partial charge is 0.202 e. The highest BCUT2D eigenvalue weighted by molar-refractivity contribution is 5.29. The van der Waals surface area contributed by atoms with Crippen molar-refractivity contribution in [2.75, 3.05) is 5.32 Å². The van der Waals surface area contributed by atoms with Crippen LogP contribution < -0.4 is 5.32 Å². The summed E-state index contributed by atoms with van der Waals surface area (Å²) in [7, 11) is 0. The molecule has 1 aliphatic carbocycles. The van der Waals surface area contributed by atoms with Crippen LogP contribution in [0, 0.1) is 0 Å². The largest absolute Gasteiger partial charge is 0.353 e. The lowest BCUT2D eigenvalue weighted by Crippen LogP contribution is -2.08. The molecule has 0 radical (unpaired) electrons. The van der Waals surface area contributed by atoms with Crippen molar-refractivity contribution in [1.29, 1.82) is 0 Å². The summed E-state index contributed by atoms with van der Waals surface area (Å²) in [6.07, 6.45) is 10.4. The molecule has 0 atom stereocenters. The third kappa shape index (κ3) is 2.50. The average Bonchev–Trinajstić information content (AvgIpc) is 2.88. The van der Waals surface area contributed by atoms with Gasteiger partial charge in [-0.1, -0.05) is 19.8 Å². The van der Waals surface area contributed by atoms with E-state index in [1.54, 1.807) is 0 Å². The maximum Gasteiger partial charge on any atom is 0.202 e. The predicted molar refractivity (Wildman–Crippen MR) is 58.4 cm³/mol. The van der Waals surface area contributed by atoms with E-state index in [0.29, 0.717) is 6.04 Å². The van der Waals surface area contributed by atoms with Crippen LogP contribution in [0.1, 0.15) is 39.0 Å². The van der Waals surface area contributed by atoms with Crippen molar-refractivity contribution < 1.29 is 0 Å². The van der Waals surface area contributed by atoms with Crippen LogP contribution in [0.15, 0.2) is 12.4 Å². The summed E-state index contributed by atoms with van der Waals surface area (Å²) in [5.41, 5.74) is 0. The molecule has 0 aromatic carbocycles. The Balaban J connectivity index is 1.84. The summed E-state index contributed by atoms with van der Waals surface area (Å²) in [5.74, 6) is 1.06. The van der Waals surface area contributed by atoms with E-state index in [4.69, 9.17) is 0 Å². The third-order valence-electron chi connectivity index (χ3n) is 2.63. The molecular formula is C11H19N3. The van der Waals surface area contributed by atoms with Gasteiger partial charge in [0.2, 0.25) is 5.95 Å². The summed E-state index contributed by atoms with van der Waals surface area (Å²) in [4.78, 5) is 4.33. The Kier molecular flexibility index (Phi) is 3.07. The maximum absolute atomic E-state index is 4.33. The van der Waals surface area contributed by atoms with Gasteiger partial charge in [-0.05, 0) is 19.3 Å². The van der Waals surface area contributed by atoms with Gasteiger partial charge in [-0.15, -0.1) is 0 Å². The minimum atomic E-state index is 0.697. The molecule has 1 aliphatic rings. The quantitative estimate of drug-likeness (QED) is 0.704. The number of anilines is 1. The molecule has 0 spiro atoms. The van der Waals surface area contributed by atoms with Gasteiger partial charge >= 0.3 is 0 Å². The Morgan fingerprint density at radius 2 is 2.36 bits per heavy atom. The van der Waals surface area contributed by atoms with Crippen molar-refractivity contribution in [3.8, 4) is 0 Å². The first-order chi connectivity index (χ1) is 6.90. The highest BCUT2D eigenvalue weighted by Gasteiger charge is 2.22. The van der Waals surface area contributed by atoms with Crippen LogP contribution >= 0.6 is 0 Å². The molecule has 14 heavy (non-hydrogen) atoms. The van der Waals surface area contributed by atoms with Crippen molar-refractivity contribution >= 4 is 5.95 Å². The highest BCUT2D eigenvalue weighted by atomic mass is 15.2. The standard InChI is InChI=1S/C11H19N3/c1-2-3-4-8-14-9-7-12-11(14)13-10-5-6-10/h7,9-10H,2-6,8H2,1H3,(H,12,13). The van der Waals surface area contributed by atoms with E-state index < -0.39 is 0 Å². The summed E-state index contributed by atoms with van der Waals surface area (Å²) in [6, 6.07) is 0.697. The van der Waals surface area contributed by atoms with Gasteiger partial charge in [-0.3, -0.25) is 0 Å². The second-order valence-electron chi connectivity index (χ2n) is 4.07. The van der Waals surface area contributed by atoms with Gasteiger partial charge in [-0.25, -0.2) is 4.98 Å². The van der Waals surface area contributed by atoms with E-state index in [1.165, 1.54) is 32.1 Å². The minimum absolute atomic E-state index is 0.697. The Bertz CT molecular complexity index is 276. The van der Waals surface area contributed by atoms with E-state index in [9.17, 15) is 0 Å². The van der Waals surface area contributed by atoms with Crippen LogP contribution in [0.5, 0.6) is 0 Å². The Morgan fingerprint density at radius 3 is 3.07 bits per heavy atom. The first kappa shape index (κ1) is 9.56. The first-order valence-electron chi connectivity index (χ1n) is 5.68. The fraction of sp³-hybridized carbons (Fsp3) is 0.727. The average molecular weight is 193 g/mol. The number of hydrogen-bond acceptors (Lipinski definition) is 2. The van der Waals surface area contributed by atoms with Crippen LogP contribution in [-0.4, -0.2) is 15.6 Å². The number of aryl methyl sites for hydroxylation is 1. The molecule has 0 amide bonds. The number of nitrogens with zero attached hydrogens (tertiary/aromatic N) is 2. The molecule has 3 heteroatoms. The highest BCUT2D eigenvalue weighted by Crippen LogP contribution is 2.23. The number of rotatable bonds is 6. The second-order valence-corrected chi connectivity index (χ2v) is 4.07. The maximum atomic E-state index is 4.33. The summed E-state index contributed by atoms with van der Waals surface area (Å²) >= 11 is 0. The normalized spacial score (nSPS) is 15.8. The SMILES string of the molecule is CCCCCn1ccnc1NC1CC1. The van der Waals surface area contributed by atoms with Gasteiger partial charge < -0.3 is 9.88 Å². The molecule has 3 nitrogen and oxygen atoms in total. The van der Waals surface area contributed by atoms with Crippen LogP contribution in [0.25, 0.3) is 0 Å². The molecule has 1 aromatic heterocycles. The monoisotopic (exact) mass is 193 g/mol. The van der Waals surface area contributed by atoms with Gasteiger partial charge in [0.05, 0.1) is 0 Å². The first-order valence-corrected chi connectivity index (χ1v) is 5.68. The predicted octanol–water partition coefficient (Wildman–Crippen LogP) is 2.65. The number of aromatic nitrogens is 2. The molecule has 1 heterocycles. The molecular weight excluding hydrogens is 174 g/mol. The lowest BCUT2D eigenvalue weighted by Gasteiger charge is -2.08. The zero-order valence-electron chi connectivity index (χ0n) is 8.87. The van der Waals surface area contributed by atoms with E-state index in [-0.39, 0.29) is 0 Å². The van der Waals surface area contributed by atoms with Crippen molar-refractivity contribution in [3.63, 3.8) is 0 Å². The summed E-state index contributed by atoms with van der Waals surface area (Å²) in [6.45, 7) is 3.33. The van der Waals surface area contributed by atoms with Crippen LogP contribution in [0.2, 0.25) is 0 Å². The molecule has 1 aromatic rings. The van der Waals surface area contributed by atoms with Gasteiger partial charge in [0.25, 0.3) is 0 Å². The Labute approximate surface area is 85.5 Å². The lowest BCUT2D eigenvalue weighted by molar-refractivity contribution is 0.605. The van der Waals surface area contributed by atoms with E-state index >= 15 is 0 Å². The van der Waals surface area contributed by atoms with E-state index in [1.807, 2.05) is 6.20 Å². The number of hydrogen-bond donors (Lipinski definition) is 1. The molecule has 78 valence electrons. The topological polar surface area (TPSA) is 29.9 Å². The van der Waals surface area contributed by atoms with Crippen LogP contribution in [0.4, 0.5) is 5.95 Å². The zero-order valence-corrected chi connectivity index (χ0v) is 8.87. The molecule has 0 saturated heterocycles. The minimum Gasteiger partial charge on any atom is -0.353 e. The van der Waals surface area contributed by atoms with Gasteiger partial charge in [0.15, 0.2) is 0 Å². The second kappa shape index (κ2) is 4.49. The molecule has 0 unspecified atom stereocenters. The van der Waals surface area contributed by atoms with Gasteiger partial charge in [0.1, 0.15) is 0 Å². The number of imidazole rings is 1. The zero-order chi connectivity index (χ0) is 9.80. The van der Waals surface area contributed by atoms with Crippen LogP contribution in [-0.2, 0) is 6.54 Å². The Morgan fingerprint density at radius 1 is 1.50 bits per heavy atom. The number of unbranched alkanes of at least 4 members (excludes halogenated alkanes) is 2. The fourth-order valence-corrected chi connectivity index (χ4v) is 1.57. The molecule has 1 fully saturated rings. The van der Waals surface area contributed by atoms with E-state index in [2.05, 4.69) is 28.0 Å². The molecule has 0 bridgehead atoms. The molecule has 2 rings (SSSR count). The van der Waals surface area contributed by atoms with Gasteiger partial charge in [0, 0.05) is 25.0 Å². The Hall–Kier alpha value is -0.990. The molecule has 0 aliphatic heterocycles. The van der Waals surface area contributed by atoms with Gasteiger partial charge in [-0.2, -0.15) is 0 Å². The van der Waals surface area contributed by atoms with Crippen LogP contribution in [0.3, 0.4) is 0 Å². The molecule has 1 saturated carbocycles. The van der Waals surface area contributed by atoms with Crippen molar-refractivity contribution in [3.05, 3.63) is 12.4 Å². The third-order valence-corrected chi connectivity index (χ3v) is 2.63. The lowest BCUT2D eigenvalue weighted by atomic mass is 10.2. The molecule has 1 N–H and O–H groups in total. The fourth-order valence-electron chi connectivity index (χ4n) is 1.57.